The van der Waals surface area contributed by atoms with Crippen molar-refractivity contribution in [3.63, 3.8) is 0 Å². The summed E-state index contributed by atoms with van der Waals surface area (Å²) in [5, 5.41) is 7.42. The molecule has 1 saturated heterocycles. The summed E-state index contributed by atoms with van der Waals surface area (Å²) in [7, 11) is 0. The van der Waals surface area contributed by atoms with Crippen molar-refractivity contribution < 1.29 is 74.1 Å². The van der Waals surface area contributed by atoms with E-state index in [1.807, 2.05) is 6.92 Å². The van der Waals surface area contributed by atoms with E-state index in [2.05, 4.69) is 0 Å². The molecule has 11 heteroatoms. The SMILES string of the molecule is CC(=O)O.CCCOC1OC(COC(C)=O)C(OC(C)=O)C(OC(C)=O)[CH]1[Hg]. The van der Waals surface area contributed by atoms with Crippen LogP contribution in [0.4, 0.5) is 0 Å². The van der Waals surface area contributed by atoms with Gasteiger partial charge < -0.3 is 5.11 Å². The number of aliphatic carboxylic acids is 1. The summed E-state index contributed by atoms with van der Waals surface area (Å²) < 4.78 is 27.1. The fourth-order valence-corrected chi connectivity index (χ4v) is 4.75. The van der Waals surface area contributed by atoms with Crippen LogP contribution in [0.25, 0.3) is 0 Å². The van der Waals surface area contributed by atoms with Gasteiger partial charge in [-0.15, -0.1) is 0 Å². The van der Waals surface area contributed by atoms with Crippen molar-refractivity contribution >= 4 is 23.9 Å². The molecule has 0 aromatic rings. The Labute approximate surface area is 180 Å². The molecule has 0 spiro atoms. The van der Waals surface area contributed by atoms with Crippen molar-refractivity contribution in [1.29, 1.82) is 0 Å². The summed E-state index contributed by atoms with van der Waals surface area (Å²) in [4.78, 5) is 43.0. The van der Waals surface area contributed by atoms with Crippen molar-refractivity contribution in [2.75, 3.05) is 13.2 Å². The van der Waals surface area contributed by atoms with Crippen LogP contribution in [0.3, 0.4) is 0 Å². The number of carboxylic acid groups (broad SMARTS) is 1. The van der Waals surface area contributed by atoms with E-state index in [1.165, 1.54) is 20.8 Å². The maximum atomic E-state index is 11.5. The third-order valence-electron chi connectivity index (χ3n) is 3.31. The Hall–Kier alpha value is -1.26. The Morgan fingerprint density at radius 1 is 0.964 bits per heavy atom. The van der Waals surface area contributed by atoms with Gasteiger partial charge in [0.2, 0.25) is 0 Å². The molecular weight excluding hydrogens is 565 g/mol. The summed E-state index contributed by atoms with van der Waals surface area (Å²) in [6, 6.07) is 0. The minimum absolute atomic E-state index is 0.114. The minimum atomic E-state index is -0.838. The second-order valence-electron chi connectivity index (χ2n) is 6.05. The summed E-state index contributed by atoms with van der Waals surface area (Å²) in [5.74, 6) is -2.32. The van der Waals surface area contributed by atoms with E-state index >= 15 is 0 Å². The van der Waals surface area contributed by atoms with E-state index in [9.17, 15) is 14.4 Å². The number of ether oxygens (including phenoxy) is 5. The van der Waals surface area contributed by atoms with Crippen LogP contribution in [0.5, 0.6) is 0 Å². The van der Waals surface area contributed by atoms with Gasteiger partial charge in [-0.2, -0.15) is 0 Å². The Morgan fingerprint density at radius 2 is 1.46 bits per heavy atom. The second-order valence-corrected chi connectivity index (χ2v) is 9.71. The zero-order valence-corrected chi connectivity index (χ0v) is 22.3. The zero-order valence-electron chi connectivity index (χ0n) is 16.8. The first-order valence-electron chi connectivity index (χ1n) is 8.77. The third kappa shape index (κ3) is 10.9. The molecule has 10 nitrogen and oxygen atoms in total. The first kappa shape index (κ1) is 26.7. The maximum absolute atomic E-state index is 11.5. The summed E-state index contributed by atoms with van der Waals surface area (Å²) in [6.07, 6.45) is -2.05. The molecule has 157 valence electrons. The van der Waals surface area contributed by atoms with Crippen molar-refractivity contribution in [2.45, 2.75) is 69.1 Å². The van der Waals surface area contributed by atoms with Crippen LogP contribution in [0.1, 0.15) is 41.0 Å². The van der Waals surface area contributed by atoms with E-state index < -0.39 is 48.5 Å². The molecule has 0 bridgehead atoms. The Balaban J connectivity index is 0.00000165. The second kappa shape index (κ2) is 13.8. The molecule has 1 rings (SSSR count). The molecule has 5 unspecified atom stereocenters. The monoisotopic (exact) mass is 593 g/mol. The van der Waals surface area contributed by atoms with Crippen LogP contribution in [-0.4, -0.2) is 66.8 Å². The molecule has 0 amide bonds. The summed E-state index contributed by atoms with van der Waals surface area (Å²) in [5.41, 5.74) is 0. The van der Waals surface area contributed by atoms with E-state index in [0.717, 1.165) is 13.3 Å². The fraction of sp³-hybridized carbons (Fsp3) is 0.765. The summed E-state index contributed by atoms with van der Waals surface area (Å²) >= 11 is 0.117. The van der Waals surface area contributed by atoms with Gasteiger partial charge in [0.25, 0.3) is 5.97 Å². The molecular formula is C17H27HgO10. The molecule has 1 aliphatic rings. The first-order chi connectivity index (χ1) is 13.0. The van der Waals surface area contributed by atoms with Gasteiger partial charge >= 0.3 is 157 Å². The predicted octanol–water partition coefficient (Wildman–Crippen LogP) is 0.991. The Kier molecular flexibility index (Phi) is 13.2. The summed E-state index contributed by atoms with van der Waals surface area (Å²) in [6.45, 7) is 7.26. The number of carbonyl (C=O) groups excluding carboxylic acids is 3. The van der Waals surface area contributed by atoms with E-state index in [4.69, 9.17) is 33.6 Å². The van der Waals surface area contributed by atoms with Gasteiger partial charge in [0.05, 0.1) is 0 Å². The van der Waals surface area contributed by atoms with Crippen LogP contribution in [0.2, 0.25) is 3.43 Å². The molecule has 0 radical (unpaired) electrons. The topological polar surface area (TPSA) is 135 Å². The molecule has 0 aromatic carbocycles. The predicted molar refractivity (Wildman–Crippen MR) is 89.7 cm³/mol. The van der Waals surface area contributed by atoms with E-state index in [-0.39, 0.29) is 36.2 Å². The standard InChI is InChI=1S/C15H23O8.C2H4O2.Hg/c1-5-6-19-14-7-12(21-10(3)17)15(22-11(4)18)13(23-14)8-20-9(2)16;1-2(3)4;/h7,12-15H,5-6,8H2,1-4H3;1H3,(H,3,4);. The van der Waals surface area contributed by atoms with Gasteiger partial charge in [0.15, 0.2) is 0 Å². The molecule has 1 N–H and O–H groups in total. The van der Waals surface area contributed by atoms with E-state index in [1.54, 1.807) is 0 Å². The van der Waals surface area contributed by atoms with Crippen molar-refractivity contribution in [3.8, 4) is 0 Å². The molecule has 1 heterocycles. The molecule has 0 saturated carbocycles. The van der Waals surface area contributed by atoms with Gasteiger partial charge in [0.1, 0.15) is 0 Å². The van der Waals surface area contributed by atoms with Crippen molar-refractivity contribution in [3.05, 3.63) is 0 Å². The number of hydrogen-bond acceptors (Lipinski definition) is 9. The first-order valence-corrected chi connectivity index (χ1v) is 11.9. The van der Waals surface area contributed by atoms with Crippen LogP contribution in [-0.2, 0) is 69.0 Å². The van der Waals surface area contributed by atoms with Crippen LogP contribution in [0, 0.1) is 0 Å². The molecule has 1 fully saturated rings. The van der Waals surface area contributed by atoms with Gasteiger partial charge in [-0.25, -0.2) is 0 Å². The molecule has 1 aliphatic heterocycles. The fourth-order valence-electron chi connectivity index (χ4n) is 2.37. The number of hydrogen-bond donors (Lipinski definition) is 1. The average molecular weight is 592 g/mol. The number of esters is 3. The van der Waals surface area contributed by atoms with Crippen molar-refractivity contribution in [1.82, 2.24) is 0 Å². The van der Waals surface area contributed by atoms with Gasteiger partial charge in [-0.3, -0.25) is 4.79 Å². The molecule has 5 atom stereocenters. The molecule has 0 aliphatic carbocycles. The Morgan fingerprint density at radius 3 is 1.89 bits per heavy atom. The number of carbonyl (C=O) groups is 4. The quantitative estimate of drug-likeness (QED) is 0.259. The van der Waals surface area contributed by atoms with Crippen LogP contribution >= 0.6 is 0 Å². The van der Waals surface area contributed by atoms with Crippen LogP contribution < -0.4 is 0 Å². The average Bonchev–Trinajstić information content (AvgIpc) is 2.55. The number of rotatable bonds is 7. The third-order valence-corrected chi connectivity index (χ3v) is 6.61. The van der Waals surface area contributed by atoms with E-state index in [0.29, 0.717) is 6.61 Å². The van der Waals surface area contributed by atoms with Crippen LogP contribution in [0.15, 0.2) is 0 Å². The normalized spacial score (nSPS) is 26.3. The molecule has 28 heavy (non-hydrogen) atoms. The Bertz CT molecular complexity index is 534. The van der Waals surface area contributed by atoms with Gasteiger partial charge in [0, 0.05) is 6.92 Å². The van der Waals surface area contributed by atoms with Crippen molar-refractivity contribution in [2.24, 2.45) is 0 Å². The van der Waals surface area contributed by atoms with Gasteiger partial charge in [-0.1, -0.05) is 0 Å². The molecule has 0 aromatic heterocycles. The van der Waals surface area contributed by atoms with Gasteiger partial charge in [-0.05, 0) is 0 Å². The number of carboxylic acids is 1. The zero-order chi connectivity index (χ0) is 21.9.